The van der Waals surface area contributed by atoms with Crippen LogP contribution >= 0.6 is 0 Å². The Labute approximate surface area is 127 Å². The highest BCUT2D eigenvalue weighted by Crippen LogP contribution is 2.24. The SMILES string of the molecule is COc1cc(F)c([B]c2c(F)c(F)c(F)c(OC)c2F)c(F)c1. The van der Waals surface area contributed by atoms with Gasteiger partial charge in [0.25, 0.3) is 0 Å². The molecule has 0 saturated heterocycles. The normalized spacial score (nSPS) is 10.6. The molecule has 0 aliphatic heterocycles. The Morgan fingerprint density at radius 1 is 0.696 bits per heavy atom. The second-order valence-electron chi connectivity index (χ2n) is 4.35. The third kappa shape index (κ3) is 2.95. The summed E-state index contributed by atoms with van der Waals surface area (Å²) >= 11 is 0. The van der Waals surface area contributed by atoms with Crippen molar-refractivity contribution in [2.24, 2.45) is 0 Å². The Morgan fingerprint density at radius 2 is 1.26 bits per heavy atom. The van der Waals surface area contributed by atoms with E-state index in [0.717, 1.165) is 26.4 Å². The molecule has 0 N–H and O–H groups in total. The summed E-state index contributed by atoms with van der Waals surface area (Å²) in [6.45, 7) is 0. The van der Waals surface area contributed by atoms with E-state index in [4.69, 9.17) is 0 Å². The van der Waals surface area contributed by atoms with Crippen molar-refractivity contribution in [1.29, 1.82) is 0 Å². The van der Waals surface area contributed by atoms with E-state index < -0.39 is 51.6 Å². The maximum Gasteiger partial charge on any atom is 0.207 e. The quantitative estimate of drug-likeness (QED) is 0.370. The van der Waals surface area contributed by atoms with Crippen LogP contribution in [0.25, 0.3) is 0 Å². The Balaban J connectivity index is 2.60. The van der Waals surface area contributed by atoms with Crippen LogP contribution in [0.5, 0.6) is 11.5 Å². The molecule has 0 spiro atoms. The van der Waals surface area contributed by atoms with Crippen molar-refractivity contribution in [2.75, 3.05) is 14.2 Å². The first-order chi connectivity index (χ1) is 10.8. The van der Waals surface area contributed by atoms with Crippen LogP contribution in [0.15, 0.2) is 12.1 Å². The van der Waals surface area contributed by atoms with Gasteiger partial charge in [0.2, 0.25) is 13.1 Å². The minimum atomic E-state index is -2.02. The third-order valence-electron chi connectivity index (χ3n) is 3.04. The highest BCUT2D eigenvalue weighted by molar-refractivity contribution is 6.67. The number of halogens is 6. The van der Waals surface area contributed by atoms with Crippen LogP contribution in [0.2, 0.25) is 0 Å². The van der Waals surface area contributed by atoms with Crippen molar-refractivity contribution < 1.29 is 35.8 Å². The van der Waals surface area contributed by atoms with Crippen LogP contribution in [0.1, 0.15) is 0 Å². The van der Waals surface area contributed by atoms with Gasteiger partial charge in [-0.2, -0.15) is 4.39 Å². The molecule has 0 fully saturated rings. The molecule has 1 radical (unpaired) electrons. The Morgan fingerprint density at radius 3 is 1.74 bits per heavy atom. The fourth-order valence-corrected chi connectivity index (χ4v) is 1.90. The molecule has 0 aliphatic rings. The molecule has 2 nitrogen and oxygen atoms in total. The second kappa shape index (κ2) is 6.43. The van der Waals surface area contributed by atoms with Crippen LogP contribution in [0.3, 0.4) is 0 Å². The number of ether oxygens (including phenoxy) is 2. The molecule has 0 saturated carbocycles. The molecule has 2 rings (SSSR count). The highest BCUT2D eigenvalue weighted by atomic mass is 19.2. The van der Waals surface area contributed by atoms with Crippen LogP contribution in [-0.2, 0) is 0 Å². The van der Waals surface area contributed by atoms with Crippen LogP contribution in [0, 0.1) is 34.9 Å². The lowest BCUT2D eigenvalue weighted by atomic mass is 9.62. The summed E-state index contributed by atoms with van der Waals surface area (Å²) in [6.07, 6.45) is 0. The molecule has 0 unspecified atom stereocenters. The van der Waals surface area contributed by atoms with Gasteiger partial charge in [0.05, 0.1) is 14.2 Å². The van der Waals surface area contributed by atoms with Gasteiger partial charge >= 0.3 is 0 Å². The number of benzene rings is 2. The van der Waals surface area contributed by atoms with E-state index in [9.17, 15) is 26.3 Å². The predicted molar refractivity (Wildman–Crippen MR) is 70.8 cm³/mol. The van der Waals surface area contributed by atoms with Crippen molar-refractivity contribution in [3.8, 4) is 11.5 Å². The maximum absolute atomic E-state index is 14.0. The van der Waals surface area contributed by atoms with E-state index in [-0.39, 0.29) is 5.75 Å². The minimum absolute atomic E-state index is 0.166. The highest BCUT2D eigenvalue weighted by Gasteiger charge is 2.28. The molecule has 0 atom stereocenters. The molecule has 9 heteroatoms. The lowest BCUT2D eigenvalue weighted by Gasteiger charge is -2.12. The van der Waals surface area contributed by atoms with Gasteiger partial charge in [-0.3, -0.25) is 0 Å². The van der Waals surface area contributed by atoms with E-state index in [1.54, 1.807) is 0 Å². The molecule has 2 aromatic rings. The standard InChI is InChI=1S/C14H8BF6O2/c1-22-5-3-6(16)8(7(17)4-5)15-9-10(18)12(20)13(21)14(23-2)11(9)19/h3-4H,1-2H3. The van der Waals surface area contributed by atoms with Crippen LogP contribution in [-0.4, -0.2) is 21.5 Å². The second-order valence-corrected chi connectivity index (χ2v) is 4.35. The zero-order chi connectivity index (χ0) is 17.3. The first-order valence-electron chi connectivity index (χ1n) is 6.09. The van der Waals surface area contributed by atoms with E-state index >= 15 is 0 Å². The molecule has 23 heavy (non-hydrogen) atoms. The molecule has 121 valence electrons. The fourth-order valence-electron chi connectivity index (χ4n) is 1.90. The van der Waals surface area contributed by atoms with Crippen molar-refractivity contribution >= 4 is 18.2 Å². The van der Waals surface area contributed by atoms with E-state index in [1.807, 2.05) is 0 Å². The van der Waals surface area contributed by atoms with Gasteiger partial charge < -0.3 is 9.47 Å². The summed E-state index contributed by atoms with van der Waals surface area (Å²) in [6, 6.07) is 1.53. The summed E-state index contributed by atoms with van der Waals surface area (Å²) in [4.78, 5) is 0. The summed E-state index contributed by atoms with van der Waals surface area (Å²) in [5.41, 5.74) is -2.03. The maximum atomic E-state index is 14.0. The Hall–Kier alpha value is -2.32. The number of rotatable bonds is 4. The van der Waals surface area contributed by atoms with E-state index in [0.29, 0.717) is 7.28 Å². The predicted octanol–water partition coefficient (Wildman–Crippen LogP) is 2.19. The molecular weight excluding hydrogens is 325 g/mol. The molecule has 0 aromatic heterocycles. The van der Waals surface area contributed by atoms with Gasteiger partial charge in [0, 0.05) is 12.1 Å². The summed E-state index contributed by atoms with van der Waals surface area (Å²) in [5.74, 6) is -11.2. The molecule has 0 amide bonds. The van der Waals surface area contributed by atoms with E-state index in [1.165, 1.54) is 0 Å². The van der Waals surface area contributed by atoms with Crippen molar-refractivity contribution in [2.45, 2.75) is 0 Å². The first kappa shape index (κ1) is 17.0. The van der Waals surface area contributed by atoms with E-state index in [2.05, 4.69) is 9.47 Å². The van der Waals surface area contributed by atoms with Crippen molar-refractivity contribution in [3.63, 3.8) is 0 Å². The number of hydrogen-bond acceptors (Lipinski definition) is 2. The van der Waals surface area contributed by atoms with Crippen LogP contribution < -0.4 is 20.4 Å². The van der Waals surface area contributed by atoms with Crippen LogP contribution in [0.4, 0.5) is 26.3 Å². The largest absolute Gasteiger partial charge is 0.497 e. The zero-order valence-corrected chi connectivity index (χ0v) is 11.8. The van der Waals surface area contributed by atoms with Gasteiger partial charge in [0.1, 0.15) is 17.4 Å². The zero-order valence-electron chi connectivity index (χ0n) is 11.8. The van der Waals surface area contributed by atoms with Gasteiger partial charge in [-0.05, 0) is 10.9 Å². The number of hydrogen-bond donors (Lipinski definition) is 0. The molecule has 0 heterocycles. The first-order valence-corrected chi connectivity index (χ1v) is 6.09. The lowest BCUT2D eigenvalue weighted by molar-refractivity contribution is 0.338. The van der Waals surface area contributed by atoms with Gasteiger partial charge in [-0.15, -0.1) is 0 Å². The minimum Gasteiger partial charge on any atom is -0.497 e. The van der Waals surface area contributed by atoms with Crippen molar-refractivity contribution in [1.82, 2.24) is 0 Å². The lowest BCUT2D eigenvalue weighted by Crippen LogP contribution is -2.37. The summed E-state index contributed by atoms with van der Waals surface area (Å²) in [5, 5.41) is 0. The molecular formula is C14H8BF6O2. The Kier molecular flexibility index (Phi) is 4.77. The summed E-state index contributed by atoms with van der Waals surface area (Å²) < 4.78 is 91.0. The average molecular weight is 333 g/mol. The van der Waals surface area contributed by atoms with Gasteiger partial charge in [-0.25, -0.2) is 22.0 Å². The van der Waals surface area contributed by atoms with Gasteiger partial charge in [-0.1, -0.05) is 0 Å². The average Bonchev–Trinajstić information content (AvgIpc) is 2.52. The number of methoxy groups -OCH3 is 2. The molecule has 2 aromatic carbocycles. The van der Waals surface area contributed by atoms with Gasteiger partial charge in [0.15, 0.2) is 23.2 Å². The Bertz CT molecular complexity index is 743. The topological polar surface area (TPSA) is 18.5 Å². The summed E-state index contributed by atoms with van der Waals surface area (Å²) in [7, 11) is 2.37. The van der Waals surface area contributed by atoms with Crippen molar-refractivity contribution in [3.05, 3.63) is 47.0 Å². The molecule has 0 aliphatic carbocycles. The smallest absolute Gasteiger partial charge is 0.207 e. The third-order valence-corrected chi connectivity index (χ3v) is 3.04. The fraction of sp³-hybridized carbons (Fsp3) is 0.143. The molecule has 0 bridgehead atoms. The monoisotopic (exact) mass is 333 g/mol.